The largest absolute Gasteiger partial charge is 0.578 e. The van der Waals surface area contributed by atoms with Gasteiger partial charge in [0.25, 0.3) is 0 Å². The molecule has 42 valence electrons. The summed E-state index contributed by atoms with van der Waals surface area (Å²) in [5.74, 6) is 1.86. The van der Waals surface area contributed by atoms with Gasteiger partial charge in [-0.1, -0.05) is 0 Å². The van der Waals surface area contributed by atoms with Crippen LogP contribution in [-0.4, -0.2) is 20.3 Å². The molecule has 0 amide bonds. The molecule has 0 atom stereocenters. The Balaban J connectivity index is 2.25. The predicted molar refractivity (Wildman–Crippen MR) is 27.9 cm³/mol. The van der Waals surface area contributed by atoms with Crippen LogP contribution in [0.5, 0.6) is 0 Å². The van der Waals surface area contributed by atoms with E-state index >= 15 is 0 Å². The van der Waals surface area contributed by atoms with Crippen LogP contribution in [0.15, 0.2) is 0 Å². The van der Waals surface area contributed by atoms with Gasteiger partial charge in [-0.15, -0.1) is 0 Å². The first-order valence-corrected chi connectivity index (χ1v) is 2.56. The molecule has 0 aromatic rings. The molecule has 0 spiro atoms. The van der Waals surface area contributed by atoms with Crippen LogP contribution in [0.1, 0.15) is 6.42 Å². The molecule has 0 radical (unpaired) electrons. The lowest BCUT2D eigenvalue weighted by Crippen LogP contribution is -2.27. The smallest absolute Gasteiger partial charge is 0.399 e. The third-order valence-electron chi connectivity index (χ3n) is 0.933. The van der Waals surface area contributed by atoms with E-state index in [1.165, 1.54) is 0 Å². The minimum atomic E-state index is -0.608. The fraction of sp³-hybridized carbons (Fsp3) is 0.750. The van der Waals surface area contributed by atoms with Crippen molar-refractivity contribution in [2.75, 3.05) is 13.2 Å². The summed E-state index contributed by atoms with van der Waals surface area (Å²) in [6.45, 7) is 1.30. The second kappa shape index (κ2) is 2.70. The molecule has 1 aliphatic heterocycles. The molecule has 0 unspecified atom stereocenters. The van der Waals surface area contributed by atoms with E-state index in [0.29, 0.717) is 13.2 Å². The maximum Gasteiger partial charge on any atom is 0.578 e. The molecule has 1 aliphatic rings. The molecule has 0 bridgehead atoms. The van der Waals surface area contributed by atoms with E-state index in [-0.39, 0.29) is 0 Å². The molecule has 4 heteroatoms. The fourth-order valence-electron chi connectivity index (χ4n) is 0.562. The van der Waals surface area contributed by atoms with Gasteiger partial charge in [0.2, 0.25) is 0 Å². The van der Waals surface area contributed by atoms with Crippen LogP contribution in [0.3, 0.4) is 0 Å². The summed E-state index contributed by atoms with van der Waals surface area (Å²) in [4.78, 5) is 0. The fourth-order valence-corrected chi connectivity index (χ4v) is 0.562. The van der Waals surface area contributed by atoms with Gasteiger partial charge in [-0.25, -0.2) is 5.26 Å². The Hall–Kier alpha value is -0.525. The Morgan fingerprint density at radius 3 is 2.38 bits per heavy atom. The maximum absolute atomic E-state index is 8.19. The molecule has 1 rings (SSSR count). The zero-order valence-corrected chi connectivity index (χ0v) is 4.46. The van der Waals surface area contributed by atoms with Crippen LogP contribution in [0.25, 0.3) is 0 Å². The Morgan fingerprint density at radius 2 is 2.00 bits per heavy atom. The van der Waals surface area contributed by atoms with Crippen molar-refractivity contribution in [3.63, 3.8) is 0 Å². The summed E-state index contributed by atoms with van der Waals surface area (Å²) in [6.07, 6.45) is 0.901. The van der Waals surface area contributed by atoms with Gasteiger partial charge in [0.15, 0.2) is 0 Å². The van der Waals surface area contributed by atoms with E-state index in [1.807, 2.05) is 5.97 Å². The molecule has 0 aliphatic carbocycles. The average molecular weight is 111 g/mol. The highest BCUT2D eigenvalue weighted by atomic mass is 16.6. The molecule has 1 fully saturated rings. The molecule has 8 heavy (non-hydrogen) atoms. The third-order valence-corrected chi connectivity index (χ3v) is 0.933. The van der Waals surface area contributed by atoms with E-state index in [2.05, 4.69) is 0 Å². The van der Waals surface area contributed by atoms with Crippen LogP contribution in [-0.2, 0) is 9.31 Å². The molecule has 0 aromatic heterocycles. The van der Waals surface area contributed by atoms with E-state index in [0.717, 1.165) is 6.42 Å². The first-order chi connectivity index (χ1) is 3.93. The van der Waals surface area contributed by atoms with Gasteiger partial charge in [-0.05, 0) is 6.42 Å². The number of nitrogens with zero attached hydrogens (tertiary/aromatic N) is 1. The highest BCUT2D eigenvalue weighted by Crippen LogP contribution is 1.98. The number of hydrogen-bond donors (Lipinski definition) is 0. The van der Waals surface area contributed by atoms with Crippen molar-refractivity contribution >= 4 is 7.12 Å². The Labute approximate surface area is 48.3 Å². The second-order valence-corrected chi connectivity index (χ2v) is 1.56. The van der Waals surface area contributed by atoms with Crippen LogP contribution in [0.4, 0.5) is 0 Å². The topological polar surface area (TPSA) is 42.2 Å². The zero-order valence-electron chi connectivity index (χ0n) is 4.46. The molecule has 1 heterocycles. The van der Waals surface area contributed by atoms with Gasteiger partial charge >= 0.3 is 7.12 Å². The summed E-state index contributed by atoms with van der Waals surface area (Å²) >= 11 is 0. The normalized spacial score (nSPS) is 20.1. The van der Waals surface area contributed by atoms with Gasteiger partial charge in [-0.2, -0.15) is 0 Å². The first-order valence-electron chi connectivity index (χ1n) is 2.56. The van der Waals surface area contributed by atoms with Gasteiger partial charge in [-0.3, -0.25) is 0 Å². The molecule has 3 nitrogen and oxygen atoms in total. The van der Waals surface area contributed by atoms with Gasteiger partial charge in [0.05, 0.1) is 5.97 Å². The van der Waals surface area contributed by atoms with Crippen molar-refractivity contribution in [2.45, 2.75) is 6.42 Å². The summed E-state index contributed by atoms with van der Waals surface area (Å²) in [6, 6.07) is 0. The van der Waals surface area contributed by atoms with E-state index in [9.17, 15) is 0 Å². The summed E-state index contributed by atoms with van der Waals surface area (Å²) in [5, 5.41) is 8.19. The second-order valence-electron chi connectivity index (χ2n) is 1.56. The zero-order chi connectivity index (χ0) is 5.82. The van der Waals surface area contributed by atoms with Crippen LogP contribution >= 0.6 is 0 Å². The Kier molecular flexibility index (Phi) is 1.89. The van der Waals surface area contributed by atoms with Crippen molar-refractivity contribution in [1.82, 2.24) is 0 Å². The Morgan fingerprint density at radius 1 is 1.38 bits per heavy atom. The van der Waals surface area contributed by atoms with E-state index < -0.39 is 7.12 Å². The number of rotatable bonds is 0. The molecule has 0 aromatic carbocycles. The quantitative estimate of drug-likeness (QED) is 0.412. The van der Waals surface area contributed by atoms with Crippen molar-refractivity contribution < 1.29 is 9.31 Å². The van der Waals surface area contributed by atoms with E-state index in [1.54, 1.807) is 0 Å². The van der Waals surface area contributed by atoms with E-state index in [4.69, 9.17) is 14.6 Å². The summed E-state index contributed by atoms with van der Waals surface area (Å²) in [7, 11) is -0.608. The van der Waals surface area contributed by atoms with Crippen molar-refractivity contribution in [3.8, 4) is 5.97 Å². The SMILES string of the molecule is N#CB1OCCCO1. The highest BCUT2D eigenvalue weighted by Gasteiger charge is 2.20. The standard InChI is InChI=1S/C4H6BNO2/c6-4-5-7-2-1-3-8-5/h1-3H2. The molecule has 1 saturated heterocycles. The predicted octanol–water partition coefficient (Wildman–Crippen LogP) is -0.0257. The molecule has 0 N–H and O–H groups in total. The average Bonchev–Trinajstić information content (AvgIpc) is 1.90. The van der Waals surface area contributed by atoms with Crippen molar-refractivity contribution in [1.29, 1.82) is 5.26 Å². The molecular weight excluding hydrogens is 105 g/mol. The molecular formula is C4H6BNO2. The lowest BCUT2D eigenvalue weighted by atomic mass is 9.93. The summed E-state index contributed by atoms with van der Waals surface area (Å²) in [5.41, 5.74) is 0. The van der Waals surface area contributed by atoms with Gasteiger partial charge < -0.3 is 9.31 Å². The van der Waals surface area contributed by atoms with Crippen LogP contribution < -0.4 is 0 Å². The summed E-state index contributed by atoms with van der Waals surface area (Å²) < 4.78 is 9.69. The number of hydrogen-bond acceptors (Lipinski definition) is 3. The van der Waals surface area contributed by atoms with Crippen LogP contribution in [0.2, 0.25) is 0 Å². The van der Waals surface area contributed by atoms with Crippen LogP contribution in [0, 0.1) is 11.2 Å². The third kappa shape index (κ3) is 1.22. The monoisotopic (exact) mass is 111 g/mol. The van der Waals surface area contributed by atoms with Gasteiger partial charge in [0, 0.05) is 13.2 Å². The highest BCUT2D eigenvalue weighted by molar-refractivity contribution is 6.53. The minimum absolute atomic E-state index is 0.608. The Bertz CT molecular complexity index is 105. The van der Waals surface area contributed by atoms with Crippen molar-refractivity contribution in [3.05, 3.63) is 0 Å². The minimum Gasteiger partial charge on any atom is -0.399 e. The van der Waals surface area contributed by atoms with Gasteiger partial charge in [0.1, 0.15) is 0 Å². The molecule has 0 saturated carbocycles. The maximum atomic E-state index is 8.19. The number of nitriles is 1. The van der Waals surface area contributed by atoms with Crippen molar-refractivity contribution in [2.24, 2.45) is 0 Å². The lowest BCUT2D eigenvalue weighted by molar-refractivity contribution is 0.144. The lowest BCUT2D eigenvalue weighted by Gasteiger charge is -2.12. The first kappa shape index (κ1) is 5.61.